The molecule has 0 aliphatic rings. The summed E-state index contributed by atoms with van der Waals surface area (Å²) in [7, 11) is 0. The van der Waals surface area contributed by atoms with E-state index in [2.05, 4.69) is 5.32 Å². The summed E-state index contributed by atoms with van der Waals surface area (Å²) in [6.45, 7) is 1.32. The van der Waals surface area contributed by atoms with Crippen LogP contribution in [0, 0.1) is 21.4 Å². The molecule has 9 nitrogen and oxygen atoms in total. The molecule has 0 radical (unpaired) electrons. The number of hydrogen-bond acceptors (Lipinski definition) is 7. The summed E-state index contributed by atoms with van der Waals surface area (Å²) in [6, 6.07) is 11.8. The maximum atomic E-state index is 12.0. The van der Waals surface area contributed by atoms with Crippen molar-refractivity contribution in [2.45, 2.75) is 6.92 Å². The third-order valence-corrected chi connectivity index (χ3v) is 3.30. The predicted octanol–water partition coefficient (Wildman–Crippen LogP) is 2.66. The normalized spacial score (nSPS) is 9.78. The fraction of sp³-hybridized carbons (Fsp3) is 0.167. The van der Waals surface area contributed by atoms with Crippen LogP contribution in [0.2, 0.25) is 0 Å². The van der Waals surface area contributed by atoms with Crippen LogP contribution in [0.1, 0.15) is 22.8 Å². The lowest BCUT2D eigenvalue weighted by Crippen LogP contribution is -2.21. The molecule has 1 amide bonds. The topological polar surface area (TPSA) is 132 Å². The lowest BCUT2D eigenvalue weighted by molar-refractivity contribution is -0.385. The van der Waals surface area contributed by atoms with Crippen LogP contribution < -0.4 is 10.1 Å². The van der Waals surface area contributed by atoms with Crippen LogP contribution in [-0.2, 0) is 9.53 Å². The number of carbonyl (C=O) groups excluding carboxylic acids is 2. The van der Waals surface area contributed by atoms with Crippen LogP contribution in [0.4, 0.5) is 11.4 Å². The summed E-state index contributed by atoms with van der Waals surface area (Å²) in [5, 5.41) is 22.4. The molecule has 9 heteroatoms. The SMILES string of the molecule is CCOc1ccc(C(=O)OCC(=O)Nc2cccc(C#N)c2)cc1[N+](=O)[O-]. The van der Waals surface area contributed by atoms with Gasteiger partial charge in [0.25, 0.3) is 5.91 Å². The first kappa shape index (κ1) is 19.4. The first-order chi connectivity index (χ1) is 12.9. The molecule has 2 rings (SSSR count). The second-order valence-corrected chi connectivity index (χ2v) is 5.19. The van der Waals surface area contributed by atoms with Gasteiger partial charge >= 0.3 is 11.7 Å². The molecule has 0 aliphatic carbocycles. The Kier molecular flexibility index (Phi) is 6.44. The Bertz CT molecular complexity index is 920. The van der Waals surface area contributed by atoms with Gasteiger partial charge in [-0.05, 0) is 37.3 Å². The number of carbonyl (C=O) groups is 2. The van der Waals surface area contributed by atoms with Crippen molar-refractivity contribution < 1.29 is 24.0 Å². The number of ether oxygens (including phenoxy) is 2. The Labute approximate surface area is 154 Å². The van der Waals surface area contributed by atoms with Gasteiger partial charge < -0.3 is 14.8 Å². The number of esters is 1. The Morgan fingerprint density at radius 2 is 2.04 bits per heavy atom. The van der Waals surface area contributed by atoms with Crippen LogP contribution in [0.25, 0.3) is 0 Å². The summed E-state index contributed by atoms with van der Waals surface area (Å²) in [6.07, 6.45) is 0. The van der Waals surface area contributed by atoms with Crippen LogP contribution in [0.5, 0.6) is 5.75 Å². The summed E-state index contributed by atoms with van der Waals surface area (Å²) in [5.74, 6) is -1.46. The lowest BCUT2D eigenvalue weighted by Gasteiger charge is -2.08. The van der Waals surface area contributed by atoms with Crippen molar-refractivity contribution >= 4 is 23.3 Å². The van der Waals surface area contributed by atoms with Crippen LogP contribution >= 0.6 is 0 Å². The number of benzene rings is 2. The monoisotopic (exact) mass is 369 g/mol. The number of nitro benzene ring substituents is 1. The van der Waals surface area contributed by atoms with Gasteiger partial charge in [0, 0.05) is 11.8 Å². The Morgan fingerprint density at radius 1 is 1.26 bits per heavy atom. The van der Waals surface area contributed by atoms with E-state index in [4.69, 9.17) is 14.7 Å². The van der Waals surface area contributed by atoms with E-state index >= 15 is 0 Å². The van der Waals surface area contributed by atoms with Gasteiger partial charge in [-0.15, -0.1) is 0 Å². The zero-order valence-electron chi connectivity index (χ0n) is 14.3. The number of amides is 1. The van der Waals surface area contributed by atoms with Crippen LogP contribution in [0.15, 0.2) is 42.5 Å². The first-order valence-electron chi connectivity index (χ1n) is 7.83. The molecule has 138 valence electrons. The van der Waals surface area contributed by atoms with E-state index in [1.54, 1.807) is 25.1 Å². The highest BCUT2D eigenvalue weighted by Gasteiger charge is 2.20. The molecule has 27 heavy (non-hydrogen) atoms. The highest BCUT2D eigenvalue weighted by Crippen LogP contribution is 2.28. The fourth-order valence-electron chi connectivity index (χ4n) is 2.14. The first-order valence-corrected chi connectivity index (χ1v) is 7.83. The maximum Gasteiger partial charge on any atom is 0.338 e. The summed E-state index contributed by atoms with van der Waals surface area (Å²) in [4.78, 5) is 34.3. The molecule has 0 aromatic heterocycles. The molecular weight excluding hydrogens is 354 g/mol. The fourth-order valence-corrected chi connectivity index (χ4v) is 2.14. The number of anilines is 1. The maximum absolute atomic E-state index is 12.0. The Balaban J connectivity index is 2.00. The molecule has 0 heterocycles. The van der Waals surface area contributed by atoms with Gasteiger partial charge in [-0.2, -0.15) is 5.26 Å². The average Bonchev–Trinajstić information content (AvgIpc) is 2.66. The molecule has 2 aromatic carbocycles. The predicted molar refractivity (Wildman–Crippen MR) is 94.3 cm³/mol. The van der Waals surface area contributed by atoms with Gasteiger partial charge in [0.15, 0.2) is 12.4 Å². The summed E-state index contributed by atoms with van der Waals surface area (Å²) >= 11 is 0. The zero-order valence-corrected chi connectivity index (χ0v) is 14.3. The molecule has 0 saturated heterocycles. The molecule has 0 spiro atoms. The van der Waals surface area contributed by atoms with E-state index in [0.29, 0.717) is 11.3 Å². The van der Waals surface area contributed by atoms with Crippen molar-refractivity contribution in [2.75, 3.05) is 18.5 Å². The molecule has 0 bridgehead atoms. The third kappa shape index (κ3) is 5.27. The van der Waals surface area contributed by atoms with Crippen molar-refractivity contribution in [1.29, 1.82) is 5.26 Å². The van der Waals surface area contributed by atoms with E-state index in [-0.39, 0.29) is 23.6 Å². The quantitative estimate of drug-likeness (QED) is 0.451. The molecule has 0 unspecified atom stereocenters. The minimum absolute atomic E-state index is 0.0363. The Morgan fingerprint density at radius 3 is 2.70 bits per heavy atom. The third-order valence-electron chi connectivity index (χ3n) is 3.30. The minimum atomic E-state index is -0.887. The molecule has 0 atom stereocenters. The summed E-state index contributed by atoms with van der Waals surface area (Å²) < 4.78 is 10.0. The molecule has 0 saturated carbocycles. The van der Waals surface area contributed by atoms with Crippen molar-refractivity contribution in [1.82, 2.24) is 0 Å². The second kappa shape index (κ2) is 8.96. The smallest absolute Gasteiger partial charge is 0.338 e. The van der Waals surface area contributed by atoms with Crippen LogP contribution in [-0.4, -0.2) is 30.0 Å². The molecule has 0 aliphatic heterocycles. The van der Waals surface area contributed by atoms with Gasteiger partial charge in [0.05, 0.1) is 28.7 Å². The van der Waals surface area contributed by atoms with E-state index < -0.39 is 23.4 Å². The van der Waals surface area contributed by atoms with E-state index in [0.717, 1.165) is 6.07 Å². The Hall–Kier alpha value is -3.93. The van der Waals surface area contributed by atoms with Gasteiger partial charge in [0.2, 0.25) is 0 Å². The van der Waals surface area contributed by atoms with Gasteiger partial charge in [-0.1, -0.05) is 6.07 Å². The molecular formula is C18H15N3O6. The highest BCUT2D eigenvalue weighted by molar-refractivity contribution is 5.96. The van der Waals surface area contributed by atoms with Crippen LogP contribution in [0.3, 0.4) is 0 Å². The van der Waals surface area contributed by atoms with E-state index in [1.807, 2.05) is 6.07 Å². The average molecular weight is 369 g/mol. The molecule has 1 N–H and O–H groups in total. The number of nitrogens with one attached hydrogen (secondary N) is 1. The largest absolute Gasteiger partial charge is 0.487 e. The highest BCUT2D eigenvalue weighted by atomic mass is 16.6. The second-order valence-electron chi connectivity index (χ2n) is 5.19. The van der Waals surface area contributed by atoms with E-state index in [9.17, 15) is 19.7 Å². The standard InChI is InChI=1S/C18H15N3O6/c1-2-26-16-7-6-13(9-15(16)21(24)25)18(23)27-11-17(22)20-14-5-3-4-12(8-14)10-19/h3-9H,2,11H2,1H3,(H,20,22). The number of hydrogen-bond donors (Lipinski definition) is 1. The number of rotatable bonds is 7. The van der Waals surface area contributed by atoms with Gasteiger partial charge in [0.1, 0.15) is 0 Å². The van der Waals surface area contributed by atoms with Crippen molar-refractivity contribution in [3.63, 3.8) is 0 Å². The van der Waals surface area contributed by atoms with Crippen molar-refractivity contribution in [2.24, 2.45) is 0 Å². The molecule has 2 aromatic rings. The van der Waals surface area contributed by atoms with Gasteiger partial charge in [-0.3, -0.25) is 14.9 Å². The molecule has 0 fully saturated rings. The van der Waals surface area contributed by atoms with E-state index in [1.165, 1.54) is 18.2 Å². The zero-order chi connectivity index (χ0) is 19.8. The number of nitrogens with zero attached hydrogens (tertiary/aromatic N) is 2. The minimum Gasteiger partial charge on any atom is -0.487 e. The summed E-state index contributed by atoms with van der Waals surface area (Å²) in [5.41, 5.74) is 0.298. The lowest BCUT2D eigenvalue weighted by atomic mass is 10.2. The van der Waals surface area contributed by atoms with Crippen molar-refractivity contribution in [3.05, 3.63) is 63.7 Å². The van der Waals surface area contributed by atoms with Gasteiger partial charge in [-0.25, -0.2) is 4.79 Å². The number of nitriles is 1. The van der Waals surface area contributed by atoms with Crippen molar-refractivity contribution in [3.8, 4) is 11.8 Å². The number of nitro groups is 1.